The molecule has 0 saturated heterocycles. The first-order valence-corrected chi connectivity index (χ1v) is 7.39. The third-order valence-electron chi connectivity index (χ3n) is 3.67. The van der Waals surface area contributed by atoms with Crippen LogP contribution in [0.2, 0.25) is 0 Å². The van der Waals surface area contributed by atoms with Gasteiger partial charge in [-0.25, -0.2) is 0 Å². The summed E-state index contributed by atoms with van der Waals surface area (Å²) in [5, 5.41) is 0. The lowest BCUT2D eigenvalue weighted by Gasteiger charge is -2.32. The molecule has 0 aliphatic rings. The SMILES string of the molecule is CCN(c1ccccc1)C(CN)c1cccc(COC)c1. The van der Waals surface area contributed by atoms with Crippen molar-refractivity contribution in [1.29, 1.82) is 0 Å². The minimum Gasteiger partial charge on any atom is -0.380 e. The van der Waals surface area contributed by atoms with Gasteiger partial charge in [-0.15, -0.1) is 0 Å². The van der Waals surface area contributed by atoms with E-state index in [1.54, 1.807) is 7.11 Å². The topological polar surface area (TPSA) is 38.5 Å². The van der Waals surface area contributed by atoms with Gasteiger partial charge in [0.15, 0.2) is 0 Å². The van der Waals surface area contributed by atoms with E-state index >= 15 is 0 Å². The number of nitrogens with zero attached hydrogens (tertiary/aromatic N) is 1. The molecule has 3 heteroatoms. The molecule has 112 valence electrons. The first kappa shape index (κ1) is 15.5. The van der Waals surface area contributed by atoms with Gasteiger partial charge in [0, 0.05) is 25.9 Å². The summed E-state index contributed by atoms with van der Waals surface area (Å²) in [4.78, 5) is 2.34. The minimum atomic E-state index is 0.175. The Hall–Kier alpha value is -1.84. The lowest BCUT2D eigenvalue weighted by molar-refractivity contribution is 0.185. The Labute approximate surface area is 127 Å². The summed E-state index contributed by atoms with van der Waals surface area (Å²) in [6.07, 6.45) is 0. The zero-order valence-electron chi connectivity index (χ0n) is 12.8. The van der Waals surface area contributed by atoms with Gasteiger partial charge in [-0.05, 0) is 30.2 Å². The van der Waals surface area contributed by atoms with E-state index in [1.165, 1.54) is 16.8 Å². The number of hydrogen-bond acceptors (Lipinski definition) is 3. The number of methoxy groups -OCH3 is 1. The number of ether oxygens (including phenoxy) is 1. The predicted molar refractivity (Wildman–Crippen MR) is 88.4 cm³/mol. The van der Waals surface area contributed by atoms with E-state index < -0.39 is 0 Å². The van der Waals surface area contributed by atoms with Crippen molar-refractivity contribution in [3.63, 3.8) is 0 Å². The van der Waals surface area contributed by atoms with Gasteiger partial charge in [0.25, 0.3) is 0 Å². The largest absolute Gasteiger partial charge is 0.380 e. The summed E-state index contributed by atoms with van der Waals surface area (Å²) < 4.78 is 5.22. The highest BCUT2D eigenvalue weighted by Gasteiger charge is 2.18. The number of rotatable bonds is 7. The summed E-state index contributed by atoms with van der Waals surface area (Å²) >= 11 is 0. The molecule has 1 atom stereocenters. The summed E-state index contributed by atoms with van der Waals surface area (Å²) in [7, 11) is 1.72. The fourth-order valence-corrected chi connectivity index (χ4v) is 2.70. The summed E-state index contributed by atoms with van der Waals surface area (Å²) in [6, 6.07) is 19.1. The van der Waals surface area contributed by atoms with Crippen molar-refractivity contribution >= 4 is 5.69 Å². The predicted octanol–water partition coefficient (Wildman–Crippen LogP) is 3.36. The van der Waals surface area contributed by atoms with Crippen LogP contribution in [0.15, 0.2) is 54.6 Å². The van der Waals surface area contributed by atoms with Gasteiger partial charge in [0.1, 0.15) is 0 Å². The molecule has 2 aromatic carbocycles. The van der Waals surface area contributed by atoms with Gasteiger partial charge in [-0.1, -0.05) is 42.5 Å². The summed E-state index contributed by atoms with van der Waals surface area (Å²) in [5.74, 6) is 0. The van der Waals surface area contributed by atoms with Crippen molar-refractivity contribution in [2.24, 2.45) is 5.73 Å². The lowest BCUT2D eigenvalue weighted by Crippen LogP contribution is -2.33. The monoisotopic (exact) mass is 284 g/mol. The van der Waals surface area contributed by atoms with E-state index in [2.05, 4.69) is 60.4 Å². The van der Waals surface area contributed by atoms with Gasteiger partial charge < -0.3 is 15.4 Å². The molecule has 0 heterocycles. The molecule has 0 bridgehead atoms. The second kappa shape index (κ2) is 7.81. The van der Waals surface area contributed by atoms with Crippen molar-refractivity contribution in [3.05, 3.63) is 65.7 Å². The zero-order chi connectivity index (χ0) is 15.1. The number of anilines is 1. The van der Waals surface area contributed by atoms with E-state index in [-0.39, 0.29) is 6.04 Å². The van der Waals surface area contributed by atoms with Crippen LogP contribution in [0.25, 0.3) is 0 Å². The Morgan fingerprint density at radius 2 is 1.86 bits per heavy atom. The van der Waals surface area contributed by atoms with E-state index in [1.807, 2.05) is 6.07 Å². The van der Waals surface area contributed by atoms with Crippen molar-refractivity contribution in [3.8, 4) is 0 Å². The van der Waals surface area contributed by atoms with Gasteiger partial charge in [-0.3, -0.25) is 0 Å². The van der Waals surface area contributed by atoms with Crippen LogP contribution >= 0.6 is 0 Å². The van der Waals surface area contributed by atoms with Crippen LogP contribution in [0.4, 0.5) is 5.69 Å². The van der Waals surface area contributed by atoms with Crippen molar-refractivity contribution in [1.82, 2.24) is 0 Å². The molecule has 3 nitrogen and oxygen atoms in total. The molecular weight excluding hydrogens is 260 g/mol. The Balaban J connectivity index is 2.31. The van der Waals surface area contributed by atoms with Crippen LogP contribution in [0.1, 0.15) is 24.1 Å². The highest BCUT2D eigenvalue weighted by Crippen LogP contribution is 2.26. The van der Waals surface area contributed by atoms with Gasteiger partial charge >= 0.3 is 0 Å². The smallest absolute Gasteiger partial charge is 0.0713 e. The molecule has 0 saturated carbocycles. The first-order chi connectivity index (χ1) is 10.3. The molecule has 0 fully saturated rings. The highest BCUT2D eigenvalue weighted by molar-refractivity contribution is 5.49. The molecular formula is C18H24N2O. The van der Waals surface area contributed by atoms with Gasteiger partial charge in [-0.2, -0.15) is 0 Å². The average molecular weight is 284 g/mol. The van der Waals surface area contributed by atoms with Crippen molar-refractivity contribution in [2.45, 2.75) is 19.6 Å². The zero-order valence-corrected chi connectivity index (χ0v) is 12.8. The Morgan fingerprint density at radius 1 is 1.10 bits per heavy atom. The molecule has 21 heavy (non-hydrogen) atoms. The molecule has 2 rings (SSSR count). The molecule has 0 aromatic heterocycles. The number of para-hydroxylation sites is 1. The number of nitrogens with two attached hydrogens (primary N) is 1. The maximum Gasteiger partial charge on any atom is 0.0713 e. The van der Waals surface area contributed by atoms with E-state index in [0.717, 1.165) is 6.54 Å². The van der Waals surface area contributed by atoms with E-state index in [9.17, 15) is 0 Å². The molecule has 0 aliphatic heterocycles. The summed E-state index contributed by atoms with van der Waals surface area (Å²) in [5.41, 5.74) is 9.68. The van der Waals surface area contributed by atoms with Gasteiger partial charge in [0.2, 0.25) is 0 Å². The van der Waals surface area contributed by atoms with Crippen LogP contribution < -0.4 is 10.6 Å². The third-order valence-corrected chi connectivity index (χ3v) is 3.67. The molecule has 0 radical (unpaired) electrons. The molecule has 2 aromatic rings. The third kappa shape index (κ3) is 3.84. The Morgan fingerprint density at radius 3 is 2.48 bits per heavy atom. The second-order valence-corrected chi connectivity index (χ2v) is 5.05. The van der Waals surface area contributed by atoms with E-state index in [0.29, 0.717) is 13.2 Å². The second-order valence-electron chi connectivity index (χ2n) is 5.05. The minimum absolute atomic E-state index is 0.175. The molecule has 2 N–H and O–H groups in total. The van der Waals surface area contributed by atoms with Crippen LogP contribution in [-0.2, 0) is 11.3 Å². The molecule has 0 spiro atoms. The average Bonchev–Trinajstić information content (AvgIpc) is 2.54. The van der Waals surface area contributed by atoms with Crippen LogP contribution in [0.5, 0.6) is 0 Å². The number of likely N-dealkylation sites (N-methyl/N-ethyl adjacent to an activating group) is 1. The van der Waals surface area contributed by atoms with Crippen molar-refractivity contribution < 1.29 is 4.74 Å². The Bertz CT molecular complexity index is 542. The fraction of sp³-hybridized carbons (Fsp3) is 0.333. The van der Waals surface area contributed by atoms with Crippen LogP contribution in [0.3, 0.4) is 0 Å². The molecule has 0 aliphatic carbocycles. The normalized spacial score (nSPS) is 12.1. The first-order valence-electron chi connectivity index (χ1n) is 7.39. The molecule has 1 unspecified atom stereocenters. The number of hydrogen-bond donors (Lipinski definition) is 1. The van der Waals surface area contributed by atoms with E-state index in [4.69, 9.17) is 10.5 Å². The highest BCUT2D eigenvalue weighted by atomic mass is 16.5. The molecule has 0 amide bonds. The Kier molecular flexibility index (Phi) is 5.78. The van der Waals surface area contributed by atoms with Gasteiger partial charge in [0.05, 0.1) is 12.6 Å². The lowest BCUT2D eigenvalue weighted by atomic mass is 10.0. The standard InChI is InChI=1S/C18H24N2O/c1-3-20(17-10-5-4-6-11-17)18(13-19)16-9-7-8-15(12-16)14-21-2/h4-12,18H,3,13-14,19H2,1-2H3. The fourth-order valence-electron chi connectivity index (χ4n) is 2.70. The quantitative estimate of drug-likeness (QED) is 0.847. The maximum absolute atomic E-state index is 6.07. The number of benzene rings is 2. The maximum atomic E-state index is 6.07. The van der Waals surface area contributed by atoms with Crippen molar-refractivity contribution in [2.75, 3.05) is 25.1 Å². The van der Waals surface area contributed by atoms with Crippen LogP contribution in [0, 0.1) is 0 Å². The van der Waals surface area contributed by atoms with Crippen LogP contribution in [-0.4, -0.2) is 20.2 Å². The summed E-state index contributed by atoms with van der Waals surface area (Å²) in [6.45, 7) is 4.29.